The van der Waals surface area contributed by atoms with Gasteiger partial charge in [-0.25, -0.2) is 0 Å². The van der Waals surface area contributed by atoms with Crippen molar-refractivity contribution in [2.75, 3.05) is 5.32 Å². The number of fused-ring (bicyclic) bond motifs is 1. The Kier molecular flexibility index (Phi) is 4.16. The average molecular weight is 342 g/mol. The van der Waals surface area contributed by atoms with E-state index in [1.165, 1.54) is 11.5 Å². The smallest absolute Gasteiger partial charge is 0.254 e. The van der Waals surface area contributed by atoms with Crippen LogP contribution < -0.4 is 15.6 Å². The lowest BCUT2D eigenvalue weighted by Crippen LogP contribution is -2.50. The van der Waals surface area contributed by atoms with Crippen LogP contribution in [0, 0.1) is 0 Å². The van der Waals surface area contributed by atoms with Crippen molar-refractivity contribution in [2.24, 2.45) is 7.05 Å². The van der Waals surface area contributed by atoms with E-state index in [-0.39, 0.29) is 11.5 Å². The van der Waals surface area contributed by atoms with Crippen molar-refractivity contribution in [3.63, 3.8) is 0 Å². The van der Waals surface area contributed by atoms with Gasteiger partial charge in [-0.1, -0.05) is 6.07 Å². The number of nitrogens with one attached hydrogen (secondary N) is 1. The van der Waals surface area contributed by atoms with Gasteiger partial charge in [0.15, 0.2) is 0 Å². The Morgan fingerprint density at radius 1 is 1.28 bits per heavy atom. The van der Waals surface area contributed by atoms with Crippen LogP contribution in [0.1, 0.15) is 37.8 Å². The molecule has 1 aromatic carbocycles. The predicted molar refractivity (Wildman–Crippen MR) is 95.0 cm³/mol. The summed E-state index contributed by atoms with van der Waals surface area (Å²) in [4.78, 5) is 24.0. The molecule has 25 heavy (non-hydrogen) atoms. The van der Waals surface area contributed by atoms with Gasteiger partial charge < -0.3 is 19.7 Å². The zero-order valence-electron chi connectivity index (χ0n) is 14.7. The van der Waals surface area contributed by atoms with Gasteiger partial charge in [-0.15, -0.1) is 0 Å². The molecule has 2 heterocycles. The van der Waals surface area contributed by atoms with E-state index in [0.717, 1.165) is 0 Å². The number of aliphatic hydroxyl groups is 1. The average Bonchev–Trinajstić information content (AvgIpc) is 2.52. The lowest BCUT2D eigenvalue weighted by molar-refractivity contribution is -0.114. The fourth-order valence-corrected chi connectivity index (χ4v) is 3.27. The fourth-order valence-electron chi connectivity index (χ4n) is 3.27. The Labute approximate surface area is 146 Å². The Morgan fingerprint density at radius 3 is 2.68 bits per heavy atom. The van der Waals surface area contributed by atoms with Gasteiger partial charge >= 0.3 is 0 Å². The quantitative estimate of drug-likeness (QED) is 0.875. The first-order valence-electron chi connectivity index (χ1n) is 8.15. The zero-order chi connectivity index (χ0) is 18.4. The number of hydrogen-bond acceptors (Lipinski definition) is 4. The number of pyridine rings is 1. The molecule has 2 atom stereocenters. The molecular formula is C19H22N2O4. The third-order valence-electron chi connectivity index (χ3n) is 4.55. The molecule has 6 nitrogen and oxygen atoms in total. The predicted octanol–water partition coefficient (Wildman–Crippen LogP) is 2.01. The molecule has 6 heteroatoms. The molecule has 0 aliphatic carbocycles. The number of hydrogen-bond donors (Lipinski definition) is 2. The van der Waals surface area contributed by atoms with Crippen LogP contribution in [0.4, 0.5) is 5.69 Å². The maximum Gasteiger partial charge on any atom is 0.254 e. The van der Waals surface area contributed by atoms with Gasteiger partial charge in [-0.2, -0.15) is 0 Å². The molecule has 0 saturated heterocycles. The van der Waals surface area contributed by atoms with Crippen molar-refractivity contribution < 1.29 is 14.6 Å². The number of ether oxygens (including phenoxy) is 1. The highest BCUT2D eigenvalue weighted by Gasteiger charge is 2.44. The van der Waals surface area contributed by atoms with E-state index in [9.17, 15) is 14.7 Å². The summed E-state index contributed by atoms with van der Waals surface area (Å²) in [6, 6.07) is 8.77. The van der Waals surface area contributed by atoms with Crippen LogP contribution in [0.15, 0.2) is 41.3 Å². The molecule has 2 aromatic rings. The number of benzene rings is 1. The number of carbonyl (C=O) groups excluding carboxylic acids is 1. The summed E-state index contributed by atoms with van der Waals surface area (Å²) >= 11 is 0. The van der Waals surface area contributed by atoms with Crippen LogP contribution in [0.5, 0.6) is 5.75 Å². The summed E-state index contributed by atoms with van der Waals surface area (Å²) in [5.74, 6) is -0.141. The van der Waals surface area contributed by atoms with E-state index in [2.05, 4.69) is 5.32 Å². The molecule has 0 bridgehead atoms. The SMILES string of the molecule is CC(=O)Nc1ccc2c(c1)C(c1cccn(C)c1=O)C(O)C(C)(C)O2. The molecule has 0 spiro atoms. The molecule has 2 N–H and O–H groups in total. The van der Waals surface area contributed by atoms with Crippen molar-refractivity contribution >= 4 is 11.6 Å². The molecule has 1 aliphatic rings. The highest BCUT2D eigenvalue weighted by atomic mass is 16.5. The van der Waals surface area contributed by atoms with Crippen LogP contribution >= 0.6 is 0 Å². The van der Waals surface area contributed by atoms with Crippen LogP contribution in [-0.4, -0.2) is 27.3 Å². The third-order valence-corrected chi connectivity index (χ3v) is 4.55. The summed E-state index contributed by atoms with van der Waals surface area (Å²) in [6.45, 7) is 5.02. The van der Waals surface area contributed by atoms with Crippen LogP contribution in [0.3, 0.4) is 0 Å². The van der Waals surface area contributed by atoms with Gasteiger partial charge in [0.1, 0.15) is 17.5 Å². The van der Waals surface area contributed by atoms with Crippen LogP contribution in [0.2, 0.25) is 0 Å². The van der Waals surface area contributed by atoms with E-state index in [0.29, 0.717) is 22.6 Å². The second-order valence-corrected chi connectivity index (χ2v) is 6.94. The van der Waals surface area contributed by atoms with Crippen molar-refractivity contribution in [1.82, 2.24) is 4.57 Å². The monoisotopic (exact) mass is 342 g/mol. The van der Waals surface area contributed by atoms with Crippen molar-refractivity contribution in [3.8, 4) is 5.75 Å². The lowest BCUT2D eigenvalue weighted by atomic mass is 9.77. The van der Waals surface area contributed by atoms with Crippen molar-refractivity contribution in [2.45, 2.75) is 38.4 Å². The van der Waals surface area contributed by atoms with Gasteiger partial charge in [0.2, 0.25) is 5.91 Å². The second kappa shape index (κ2) is 6.04. The molecule has 0 saturated carbocycles. The molecule has 1 aliphatic heterocycles. The van der Waals surface area contributed by atoms with E-state index < -0.39 is 17.6 Å². The number of amides is 1. The van der Waals surface area contributed by atoms with Gasteiger partial charge in [0.25, 0.3) is 5.56 Å². The fraction of sp³-hybridized carbons (Fsp3) is 0.368. The number of aryl methyl sites for hydroxylation is 1. The summed E-state index contributed by atoms with van der Waals surface area (Å²) in [5, 5.41) is 13.7. The molecular weight excluding hydrogens is 320 g/mol. The largest absolute Gasteiger partial charge is 0.485 e. The lowest BCUT2D eigenvalue weighted by Gasteiger charge is -2.42. The van der Waals surface area contributed by atoms with Gasteiger partial charge in [-0.3, -0.25) is 9.59 Å². The highest BCUT2D eigenvalue weighted by molar-refractivity contribution is 5.89. The second-order valence-electron chi connectivity index (χ2n) is 6.94. The first-order chi connectivity index (χ1) is 11.7. The van der Waals surface area contributed by atoms with Gasteiger partial charge in [0, 0.05) is 42.9 Å². The van der Waals surface area contributed by atoms with E-state index in [1.54, 1.807) is 57.4 Å². The van der Waals surface area contributed by atoms with Crippen LogP contribution in [0.25, 0.3) is 0 Å². The minimum absolute atomic E-state index is 0.167. The molecule has 1 aromatic heterocycles. The maximum absolute atomic E-state index is 12.6. The van der Waals surface area contributed by atoms with Gasteiger partial charge in [0.05, 0.1) is 0 Å². The highest BCUT2D eigenvalue weighted by Crippen LogP contribution is 2.44. The number of aliphatic hydroxyl groups excluding tert-OH is 1. The number of nitrogens with zero attached hydrogens (tertiary/aromatic N) is 1. The molecule has 0 fully saturated rings. The van der Waals surface area contributed by atoms with Crippen LogP contribution in [-0.2, 0) is 11.8 Å². The minimum Gasteiger partial charge on any atom is -0.485 e. The Hall–Kier alpha value is -2.60. The third kappa shape index (κ3) is 3.05. The zero-order valence-corrected chi connectivity index (χ0v) is 14.7. The van der Waals surface area contributed by atoms with E-state index in [4.69, 9.17) is 4.74 Å². The Morgan fingerprint density at radius 2 is 2.00 bits per heavy atom. The Bertz CT molecular complexity index is 885. The summed E-state index contributed by atoms with van der Waals surface area (Å²) in [5.41, 5.74) is 0.754. The molecule has 2 unspecified atom stereocenters. The molecule has 132 valence electrons. The number of anilines is 1. The maximum atomic E-state index is 12.6. The number of aromatic nitrogens is 1. The van der Waals surface area contributed by atoms with E-state index >= 15 is 0 Å². The van der Waals surface area contributed by atoms with Crippen molar-refractivity contribution in [3.05, 3.63) is 58.0 Å². The molecule has 1 amide bonds. The standard InChI is InChI=1S/C19H22N2O4/c1-11(22)20-12-7-8-15-14(10-12)16(17(23)19(2,3)25-15)13-6-5-9-21(4)18(13)24/h5-10,16-17,23H,1-4H3,(H,20,22). The number of carbonyl (C=O) groups is 1. The number of rotatable bonds is 2. The van der Waals surface area contributed by atoms with Crippen molar-refractivity contribution in [1.29, 1.82) is 0 Å². The first-order valence-corrected chi connectivity index (χ1v) is 8.15. The molecule has 0 radical (unpaired) electrons. The minimum atomic E-state index is -0.914. The summed E-state index contributed by atoms with van der Waals surface area (Å²) in [6.07, 6.45) is 0.764. The summed E-state index contributed by atoms with van der Waals surface area (Å²) in [7, 11) is 1.68. The van der Waals surface area contributed by atoms with E-state index in [1.807, 2.05) is 0 Å². The molecule has 3 rings (SSSR count). The van der Waals surface area contributed by atoms with Gasteiger partial charge in [-0.05, 0) is 38.1 Å². The normalized spacial score (nSPS) is 21.2. The Balaban J connectivity index is 2.21. The topological polar surface area (TPSA) is 80.6 Å². The first kappa shape index (κ1) is 17.2. The summed E-state index contributed by atoms with van der Waals surface area (Å²) < 4.78 is 7.43.